The van der Waals surface area contributed by atoms with Gasteiger partial charge in [0.15, 0.2) is 0 Å². The predicted molar refractivity (Wildman–Crippen MR) is 57.4 cm³/mol. The summed E-state index contributed by atoms with van der Waals surface area (Å²) in [6.45, 7) is 8.53. The van der Waals surface area contributed by atoms with E-state index in [4.69, 9.17) is 0 Å². The lowest BCUT2D eigenvalue weighted by molar-refractivity contribution is 1.54. The van der Waals surface area contributed by atoms with Crippen LogP contribution in [0.4, 0.5) is 0 Å². The first-order valence-corrected chi connectivity index (χ1v) is 7.45. The van der Waals surface area contributed by atoms with Crippen LogP contribution in [0.1, 0.15) is 0 Å². The van der Waals surface area contributed by atoms with Gasteiger partial charge in [0.25, 0.3) is 0 Å². The van der Waals surface area contributed by atoms with Crippen LogP contribution in [0.5, 0.6) is 0 Å². The molecule has 0 fully saturated rings. The van der Waals surface area contributed by atoms with Gasteiger partial charge in [0.1, 0.15) is 0 Å². The summed E-state index contributed by atoms with van der Waals surface area (Å²) in [4.78, 5) is 0. The number of allylic oxidation sites excluding steroid dienone is 1. The molecule has 1 radical (unpaired) electrons. The predicted octanol–water partition coefficient (Wildman–Crippen LogP) is 2.59. The SMILES string of the molecule is C=CC[Si](C)(C)c1cc[c]cc1. The van der Waals surface area contributed by atoms with Crippen LogP contribution in [-0.2, 0) is 0 Å². The smallest absolute Gasteiger partial charge is 0.0843 e. The molecular weight excluding hydrogens is 160 g/mol. The molecule has 1 rings (SSSR count). The Balaban J connectivity index is 2.89. The van der Waals surface area contributed by atoms with Gasteiger partial charge in [-0.3, -0.25) is 0 Å². The van der Waals surface area contributed by atoms with Crippen molar-refractivity contribution in [2.45, 2.75) is 19.1 Å². The van der Waals surface area contributed by atoms with Gasteiger partial charge in [-0.15, -0.1) is 6.58 Å². The normalized spacial score (nSPS) is 11.2. The first-order chi connectivity index (χ1) is 5.67. The van der Waals surface area contributed by atoms with E-state index >= 15 is 0 Å². The summed E-state index contributed by atoms with van der Waals surface area (Å²) in [6.07, 6.45) is 2.03. The Kier molecular flexibility index (Phi) is 2.87. The number of benzene rings is 1. The molecule has 0 N–H and O–H groups in total. The Morgan fingerprint density at radius 2 is 2.00 bits per heavy atom. The molecule has 0 bridgehead atoms. The fourth-order valence-electron chi connectivity index (χ4n) is 1.32. The second kappa shape index (κ2) is 3.72. The number of hydrogen-bond acceptors (Lipinski definition) is 0. The summed E-state index contributed by atoms with van der Waals surface area (Å²) in [6, 6.07) is 12.5. The van der Waals surface area contributed by atoms with Gasteiger partial charge in [0, 0.05) is 0 Å². The highest BCUT2D eigenvalue weighted by Gasteiger charge is 2.20. The molecule has 0 heterocycles. The molecule has 0 spiro atoms. The maximum absolute atomic E-state index is 3.80. The molecule has 1 aromatic carbocycles. The highest BCUT2D eigenvalue weighted by Crippen LogP contribution is 2.09. The molecule has 1 aromatic rings. The van der Waals surface area contributed by atoms with Crippen molar-refractivity contribution in [3.8, 4) is 0 Å². The van der Waals surface area contributed by atoms with E-state index in [0.717, 1.165) is 6.04 Å². The van der Waals surface area contributed by atoms with Gasteiger partial charge in [-0.05, 0) is 12.1 Å². The van der Waals surface area contributed by atoms with E-state index in [2.05, 4.69) is 37.9 Å². The Morgan fingerprint density at radius 3 is 2.50 bits per heavy atom. The summed E-state index contributed by atoms with van der Waals surface area (Å²) < 4.78 is 0. The van der Waals surface area contributed by atoms with Gasteiger partial charge in [-0.1, -0.05) is 48.6 Å². The molecule has 0 aliphatic heterocycles. The van der Waals surface area contributed by atoms with Crippen LogP contribution >= 0.6 is 0 Å². The topological polar surface area (TPSA) is 0 Å². The van der Waals surface area contributed by atoms with Gasteiger partial charge < -0.3 is 0 Å². The molecule has 0 saturated carbocycles. The first-order valence-electron chi connectivity index (χ1n) is 4.24. The third-order valence-corrected chi connectivity index (χ3v) is 5.36. The Bertz CT molecular complexity index is 249. The van der Waals surface area contributed by atoms with Crippen molar-refractivity contribution in [3.05, 3.63) is 43.0 Å². The summed E-state index contributed by atoms with van der Waals surface area (Å²) in [5.41, 5.74) is 0. The molecule has 12 heavy (non-hydrogen) atoms. The third kappa shape index (κ3) is 2.08. The molecular formula is C11H15Si. The lowest BCUT2D eigenvalue weighted by Gasteiger charge is -2.20. The summed E-state index contributed by atoms with van der Waals surface area (Å²) >= 11 is 0. The first kappa shape index (κ1) is 9.27. The summed E-state index contributed by atoms with van der Waals surface area (Å²) in [5, 5.41) is 1.49. The van der Waals surface area contributed by atoms with Crippen molar-refractivity contribution in [2.75, 3.05) is 0 Å². The summed E-state index contributed by atoms with van der Waals surface area (Å²) in [7, 11) is -1.22. The van der Waals surface area contributed by atoms with E-state index in [-0.39, 0.29) is 0 Å². The zero-order valence-corrected chi connectivity index (χ0v) is 8.80. The molecule has 0 saturated heterocycles. The van der Waals surface area contributed by atoms with Crippen LogP contribution < -0.4 is 5.19 Å². The van der Waals surface area contributed by atoms with E-state index in [1.165, 1.54) is 5.19 Å². The fraction of sp³-hybridized carbons (Fsp3) is 0.273. The largest absolute Gasteiger partial charge is 0.103 e. The van der Waals surface area contributed by atoms with Crippen molar-refractivity contribution in [3.63, 3.8) is 0 Å². The van der Waals surface area contributed by atoms with E-state index < -0.39 is 8.07 Å². The molecule has 63 valence electrons. The average Bonchev–Trinajstić information content (AvgIpc) is 2.06. The molecule has 1 heteroatoms. The number of hydrogen-bond donors (Lipinski definition) is 0. The maximum atomic E-state index is 3.80. The van der Waals surface area contributed by atoms with E-state index in [0.29, 0.717) is 0 Å². The molecule has 0 nitrogen and oxygen atoms in total. The number of rotatable bonds is 3. The zero-order chi connectivity index (χ0) is 9.03. The van der Waals surface area contributed by atoms with Gasteiger partial charge in [0.2, 0.25) is 0 Å². The second-order valence-corrected chi connectivity index (χ2v) is 8.42. The van der Waals surface area contributed by atoms with Crippen LogP contribution in [-0.4, -0.2) is 8.07 Å². The standard InChI is InChI=1S/C11H15Si/c1-4-10-12(2,3)11-8-6-5-7-9-11/h4,6-9H,1,10H2,2-3H3. The van der Waals surface area contributed by atoms with Crippen molar-refractivity contribution < 1.29 is 0 Å². The molecule has 0 atom stereocenters. The maximum Gasteiger partial charge on any atom is 0.0843 e. The van der Waals surface area contributed by atoms with Crippen molar-refractivity contribution in [1.29, 1.82) is 0 Å². The minimum absolute atomic E-state index is 1.15. The highest BCUT2D eigenvalue weighted by atomic mass is 28.3. The lowest BCUT2D eigenvalue weighted by Crippen LogP contribution is -2.40. The van der Waals surface area contributed by atoms with Crippen molar-refractivity contribution >= 4 is 13.3 Å². The molecule has 0 unspecified atom stereocenters. The van der Waals surface area contributed by atoms with Crippen molar-refractivity contribution in [1.82, 2.24) is 0 Å². The van der Waals surface area contributed by atoms with Crippen LogP contribution in [0.3, 0.4) is 0 Å². The monoisotopic (exact) mass is 175 g/mol. The van der Waals surface area contributed by atoms with E-state index in [1.54, 1.807) is 0 Å². The summed E-state index contributed by atoms with van der Waals surface area (Å²) in [5.74, 6) is 0. The van der Waals surface area contributed by atoms with Crippen molar-refractivity contribution in [2.24, 2.45) is 0 Å². The molecule has 0 aromatic heterocycles. The Labute approximate surface area is 75.9 Å². The van der Waals surface area contributed by atoms with Crippen LogP contribution in [0, 0.1) is 6.07 Å². The van der Waals surface area contributed by atoms with Gasteiger partial charge in [-0.25, -0.2) is 0 Å². The quantitative estimate of drug-likeness (QED) is 0.489. The molecule has 0 aliphatic carbocycles. The van der Waals surface area contributed by atoms with Crippen LogP contribution in [0.2, 0.25) is 19.1 Å². The fourth-order valence-corrected chi connectivity index (χ4v) is 3.34. The Hall–Kier alpha value is -0.823. The second-order valence-electron chi connectivity index (χ2n) is 3.67. The van der Waals surface area contributed by atoms with Gasteiger partial charge in [0.05, 0.1) is 8.07 Å². The van der Waals surface area contributed by atoms with E-state index in [9.17, 15) is 0 Å². The van der Waals surface area contributed by atoms with Crippen LogP contribution in [0.15, 0.2) is 36.9 Å². The minimum Gasteiger partial charge on any atom is -0.103 e. The van der Waals surface area contributed by atoms with Crippen LogP contribution in [0.25, 0.3) is 0 Å². The minimum atomic E-state index is -1.22. The van der Waals surface area contributed by atoms with E-state index in [1.807, 2.05) is 18.2 Å². The highest BCUT2D eigenvalue weighted by molar-refractivity contribution is 6.90. The van der Waals surface area contributed by atoms with Gasteiger partial charge in [-0.2, -0.15) is 0 Å². The lowest BCUT2D eigenvalue weighted by atomic mass is 10.4. The Morgan fingerprint density at radius 1 is 1.42 bits per heavy atom. The van der Waals surface area contributed by atoms with Gasteiger partial charge >= 0.3 is 0 Å². The third-order valence-electron chi connectivity index (χ3n) is 2.15. The zero-order valence-electron chi connectivity index (χ0n) is 7.80. The average molecular weight is 175 g/mol. The molecule has 0 amide bonds. The molecule has 0 aliphatic rings.